The molecule has 2 aromatic rings. The number of carbonyl (C=O) groups is 4. The maximum absolute atomic E-state index is 12.9. The molecule has 10 heteroatoms. The Balaban J connectivity index is 1.81. The fourth-order valence-corrected chi connectivity index (χ4v) is 3.78. The van der Waals surface area contributed by atoms with Crippen LogP contribution in [-0.2, 0) is 32.3 Å². The molecule has 0 aliphatic rings. The Bertz CT molecular complexity index is 981. The van der Waals surface area contributed by atoms with Crippen LogP contribution in [0.2, 0.25) is 0 Å². The third-order valence-electron chi connectivity index (χ3n) is 6.69. The van der Waals surface area contributed by atoms with Crippen LogP contribution in [0.4, 0.5) is 9.59 Å². The Morgan fingerprint density at radius 2 is 0.975 bits per heavy atom. The average Bonchev–Trinajstić information content (AvgIpc) is 2.98. The fraction of sp³-hybridized carbons (Fsp3) is 0.467. The summed E-state index contributed by atoms with van der Waals surface area (Å²) < 4.78 is 10.5. The summed E-state index contributed by atoms with van der Waals surface area (Å²) in [5, 5.41) is 10.8. The third-order valence-corrected chi connectivity index (χ3v) is 6.69. The van der Waals surface area contributed by atoms with Crippen molar-refractivity contribution in [1.82, 2.24) is 21.3 Å². The third kappa shape index (κ3) is 11.3. The van der Waals surface area contributed by atoms with E-state index in [0.717, 1.165) is 11.1 Å². The number of nitrogens with one attached hydrogen (secondary N) is 4. The highest BCUT2D eigenvalue weighted by atomic mass is 16.6. The number of hydrogen-bond acceptors (Lipinski definition) is 6. The zero-order chi connectivity index (χ0) is 29.3. The molecule has 0 saturated carbocycles. The van der Waals surface area contributed by atoms with Crippen molar-refractivity contribution in [2.24, 2.45) is 11.8 Å². The first kappa shape index (κ1) is 32.1. The highest BCUT2D eigenvalue weighted by Gasteiger charge is 2.28. The Morgan fingerprint density at radius 3 is 1.30 bits per heavy atom. The van der Waals surface area contributed by atoms with Crippen LogP contribution in [-0.4, -0.2) is 49.2 Å². The molecular formula is C30H42N4O6. The molecule has 4 atom stereocenters. The minimum atomic E-state index is -0.794. The van der Waals surface area contributed by atoms with Crippen LogP contribution >= 0.6 is 0 Å². The lowest BCUT2D eigenvalue weighted by molar-refractivity contribution is -0.126. The highest BCUT2D eigenvalue weighted by Crippen LogP contribution is 2.10. The van der Waals surface area contributed by atoms with Gasteiger partial charge in [-0.3, -0.25) is 9.59 Å². The summed E-state index contributed by atoms with van der Waals surface area (Å²) in [5.41, 5.74) is 1.68. The van der Waals surface area contributed by atoms with Gasteiger partial charge in [0.05, 0.1) is 0 Å². The van der Waals surface area contributed by atoms with Gasteiger partial charge in [0, 0.05) is 13.1 Å². The summed E-state index contributed by atoms with van der Waals surface area (Å²) in [7, 11) is 0. The van der Waals surface area contributed by atoms with Gasteiger partial charge in [0.2, 0.25) is 11.8 Å². The fourth-order valence-electron chi connectivity index (χ4n) is 3.78. The summed E-state index contributed by atoms with van der Waals surface area (Å²) >= 11 is 0. The lowest BCUT2D eigenvalue weighted by Gasteiger charge is -2.24. The van der Waals surface area contributed by atoms with Crippen molar-refractivity contribution in [3.63, 3.8) is 0 Å². The number of amides is 4. The van der Waals surface area contributed by atoms with Crippen molar-refractivity contribution < 1.29 is 28.7 Å². The van der Waals surface area contributed by atoms with E-state index in [9.17, 15) is 19.2 Å². The number of rotatable bonds is 15. The first-order valence-corrected chi connectivity index (χ1v) is 13.7. The van der Waals surface area contributed by atoms with Gasteiger partial charge in [-0.25, -0.2) is 9.59 Å². The van der Waals surface area contributed by atoms with Crippen LogP contribution in [0.1, 0.15) is 51.7 Å². The van der Waals surface area contributed by atoms with Crippen molar-refractivity contribution in [2.45, 2.75) is 65.8 Å². The molecule has 0 radical (unpaired) electrons. The van der Waals surface area contributed by atoms with Crippen molar-refractivity contribution in [2.75, 3.05) is 13.1 Å². The van der Waals surface area contributed by atoms with E-state index >= 15 is 0 Å². The smallest absolute Gasteiger partial charge is 0.408 e. The van der Waals surface area contributed by atoms with Crippen LogP contribution in [0.25, 0.3) is 0 Å². The van der Waals surface area contributed by atoms with Crippen LogP contribution in [0.3, 0.4) is 0 Å². The molecule has 40 heavy (non-hydrogen) atoms. The van der Waals surface area contributed by atoms with Gasteiger partial charge in [-0.2, -0.15) is 0 Å². The van der Waals surface area contributed by atoms with E-state index in [2.05, 4.69) is 21.3 Å². The van der Waals surface area contributed by atoms with Gasteiger partial charge < -0.3 is 30.7 Å². The zero-order valence-corrected chi connectivity index (χ0v) is 23.8. The van der Waals surface area contributed by atoms with E-state index in [1.807, 2.05) is 88.4 Å². The first-order valence-electron chi connectivity index (χ1n) is 13.7. The molecule has 2 rings (SSSR count). The second-order valence-corrected chi connectivity index (χ2v) is 9.72. The van der Waals surface area contributed by atoms with Gasteiger partial charge >= 0.3 is 12.2 Å². The number of benzene rings is 2. The van der Waals surface area contributed by atoms with E-state index in [-0.39, 0.29) is 50.0 Å². The lowest BCUT2D eigenvalue weighted by atomic mass is 9.98. The molecular weight excluding hydrogens is 512 g/mol. The van der Waals surface area contributed by atoms with Gasteiger partial charge in [-0.1, -0.05) is 101 Å². The molecule has 10 nitrogen and oxygen atoms in total. The quantitative estimate of drug-likeness (QED) is 0.247. The van der Waals surface area contributed by atoms with E-state index in [1.165, 1.54) is 0 Å². The molecule has 0 aliphatic carbocycles. The monoisotopic (exact) mass is 554 g/mol. The van der Waals surface area contributed by atoms with Gasteiger partial charge in [-0.15, -0.1) is 0 Å². The van der Waals surface area contributed by atoms with E-state index < -0.39 is 24.3 Å². The van der Waals surface area contributed by atoms with Crippen LogP contribution in [0, 0.1) is 11.8 Å². The first-order chi connectivity index (χ1) is 19.2. The van der Waals surface area contributed by atoms with Gasteiger partial charge in [-0.05, 0) is 23.0 Å². The number of alkyl carbamates (subject to hydrolysis) is 2. The number of ether oxygens (including phenoxy) is 2. The Labute approximate surface area is 236 Å². The molecule has 0 saturated heterocycles. The largest absolute Gasteiger partial charge is 0.445 e. The minimum absolute atomic E-state index is 0.0960. The Kier molecular flexibility index (Phi) is 14.1. The minimum Gasteiger partial charge on any atom is -0.445 e. The maximum Gasteiger partial charge on any atom is 0.408 e. The molecule has 0 spiro atoms. The van der Waals surface area contributed by atoms with Gasteiger partial charge in [0.15, 0.2) is 0 Å². The second-order valence-electron chi connectivity index (χ2n) is 9.72. The number of carbonyl (C=O) groups excluding carboxylic acids is 4. The van der Waals surface area contributed by atoms with Crippen molar-refractivity contribution >= 4 is 24.0 Å². The molecule has 0 bridgehead atoms. The Hall–Kier alpha value is -4.08. The predicted octanol–water partition coefficient (Wildman–Crippen LogP) is 3.90. The average molecular weight is 555 g/mol. The molecule has 4 amide bonds. The molecule has 2 aromatic carbocycles. The summed E-state index contributed by atoms with van der Waals surface area (Å²) in [6.45, 7) is 8.06. The predicted molar refractivity (Wildman–Crippen MR) is 152 cm³/mol. The van der Waals surface area contributed by atoms with E-state index in [4.69, 9.17) is 9.47 Å². The topological polar surface area (TPSA) is 135 Å². The summed E-state index contributed by atoms with van der Waals surface area (Å²) in [6, 6.07) is 16.9. The van der Waals surface area contributed by atoms with Gasteiger partial charge in [0.1, 0.15) is 25.3 Å². The number of hydrogen-bond donors (Lipinski definition) is 4. The Morgan fingerprint density at radius 1 is 0.625 bits per heavy atom. The molecule has 0 heterocycles. The maximum atomic E-state index is 12.9. The molecule has 218 valence electrons. The van der Waals surface area contributed by atoms with Gasteiger partial charge in [0.25, 0.3) is 0 Å². The second kappa shape index (κ2) is 17.5. The van der Waals surface area contributed by atoms with Crippen LogP contribution in [0.5, 0.6) is 0 Å². The van der Waals surface area contributed by atoms with Crippen LogP contribution in [0.15, 0.2) is 60.7 Å². The normalized spacial score (nSPS) is 13.6. The molecule has 0 aromatic heterocycles. The molecule has 0 aliphatic heterocycles. The lowest BCUT2D eigenvalue weighted by Crippen LogP contribution is -2.53. The van der Waals surface area contributed by atoms with Crippen molar-refractivity contribution in [1.29, 1.82) is 0 Å². The standard InChI is InChI=1S/C30H42N4O6/c1-5-21(3)25(33-29(37)39-19-23-13-9-7-10-14-23)27(35)31-17-18-32-28(36)26(22(4)6-2)34-30(38)40-20-24-15-11-8-12-16-24/h7-16,21-22,25-26H,5-6,17-20H2,1-4H3,(H,31,35)(H,32,36)(H,33,37)(H,34,38). The van der Waals surface area contributed by atoms with E-state index in [1.54, 1.807) is 0 Å². The zero-order valence-electron chi connectivity index (χ0n) is 23.8. The van der Waals surface area contributed by atoms with Crippen LogP contribution < -0.4 is 21.3 Å². The summed E-state index contributed by atoms with van der Waals surface area (Å²) in [4.78, 5) is 50.4. The summed E-state index contributed by atoms with van der Waals surface area (Å²) in [5.74, 6) is -1.03. The van der Waals surface area contributed by atoms with E-state index in [0.29, 0.717) is 12.8 Å². The highest BCUT2D eigenvalue weighted by molar-refractivity contribution is 5.87. The molecule has 4 N–H and O–H groups in total. The SMILES string of the molecule is CCC(C)C(NC(=O)OCc1ccccc1)C(=O)NCCNC(=O)C(NC(=O)OCc1ccccc1)C(C)CC. The van der Waals surface area contributed by atoms with Crippen molar-refractivity contribution in [3.05, 3.63) is 71.8 Å². The summed E-state index contributed by atoms with van der Waals surface area (Å²) in [6.07, 6.45) is -0.0363. The molecule has 0 fully saturated rings. The van der Waals surface area contributed by atoms with Crippen molar-refractivity contribution in [3.8, 4) is 0 Å². The molecule has 4 unspecified atom stereocenters.